The van der Waals surface area contributed by atoms with Crippen molar-refractivity contribution < 1.29 is 19.3 Å². The van der Waals surface area contributed by atoms with Gasteiger partial charge in [-0.15, -0.1) is 0 Å². The summed E-state index contributed by atoms with van der Waals surface area (Å²) in [5.74, 6) is -0.0229. The molecule has 4 rings (SSSR count). The number of hydrogen-bond donors (Lipinski definition) is 1. The maximum absolute atomic E-state index is 9.65. The average Bonchev–Trinajstić information content (AvgIpc) is 3.21. The average molecular weight is 341 g/mol. The fourth-order valence-electron chi connectivity index (χ4n) is 3.44. The van der Waals surface area contributed by atoms with Crippen LogP contribution in [0.3, 0.4) is 0 Å². The number of fused-ring (bicyclic) bond motifs is 2. The number of hydrogen-bond acceptors (Lipinski definition) is 7. The van der Waals surface area contributed by atoms with Crippen LogP contribution in [-0.4, -0.2) is 56.5 Å². The van der Waals surface area contributed by atoms with Gasteiger partial charge >= 0.3 is 0 Å². The highest BCUT2D eigenvalue weighted by atomic mass is 35.5. The summed E-state index contributed by atoms with van der Waals surface area (Å²) >= 11 is 6.07. The van der Waals surface area contributed by atoms with E-state index in [1.165, 1.54) is 6.33 Å². The zero-order chi connectivity index (χ0) is 16.0. The number of rotatable bonds is 4. The number of aliphatic hydroxyl groups is 1. The van der Waals surface area contributed by atoms with E-state index < -0.39 is 6.48 Å². The Kier molecular flexibility index (Phi) is 3.94. The molecule has 8 nitrogen and oxygen atoms in total. The van der Waals surface area contributed by atoms with Crippen LogP contribution in [0.5, 0.6) is 0 Å². The smallest absolute Gasteiger partial charge is 0.272 e. The summed E-state index contributed by atoms with van der Waals surface area (Å²) in [6.07, 6.45) is 3.36. The van der Waals surface area contributed by atoms with Crippen LogP contribution in [-0.2, 0) is 14.2 Å². The zero-order valence-corrected chi connectivity index (χ0v) is 13.3. The third-order valence-corrected chi connectivity index (χ3v) is 4.73. The molecule has 2 aromatic heterocycles. The minimum absolute atomic E-state index is 0.0229. The van der Waals surface area contributed by atoms with Crippen LogP contribution < -0.4 is 0 Å². The summed E-state index contributed by atoms with van der Waals surface area (Å²) in [6.45, 7) is 1.71. The first-order valence-corrected chi connectivity index (χ1v) is 7.97. The van der Waals surface area contributed by atoms with E-state index in [1.807, 2.05) is 11.5 Å². The molecule has 1 aliphatic heterocycles. The lowest BCUT2D eigenvalue weighted by atomic mass is 10.1. The van der Waals surface area contributed by atoms with Crippen molar-refractivity contribution in [2.24, 2.45) is 5.92 Å². The van der Waals surface area contributed by atoms with Crippen molar-refractivity contribution in [2.75, 3.05) is 13.2 Å². The summed E-state index contributed by atoms with van der Waals surface area (Å²) in [5, 5.41) is 9.97. The van der Waals surface area contributed by atoms with Gasteiger partial charge in [-0.25, -0.2) is 15.0 Å². The molecule has 9 heteroatoms. The molecule has 124 valence electrons. The van der Waals surface area contributed by atoms with E-state index in [0.717, 1.165) is 0 Å². The Morgan fingerprint density at radius 2 is 2.17 bits per heavy atom. The van der Waals surface area contributed by atoms with Gasteiger partial charge in [0.05, 0.1) is 18.5 Å². The van der Waals surface area contributed by atoms with Crippen LogP contribution in [0.4, 0.5) is 0 Å². The Morgan fingerprint density at radius 3 is 2.96 bits per heavy atom. The second kappa shape index (κ2) is 5.95. The van der Waals surface area contributed by atoms with Crippen molar-refractivity contribution in [3.8, 4) is 0 Å². The van der Waals surface area contributed by atoms with Crippen molar-refractivity contribution in [1.82, 2.24) is 19.5 Å². The summed E-state index contributed by atoms with van der Waals surface area (Å²) in [4.78, 5) is 12.5. The van der Waals surface area contributed by atoms with Gasteiger partial charge in [0.2, 0.25) is 0 Å². The van der Waals surface area contributed by atoms with E-state index >= 15 is 0 Å². The summed E-state index contributed by atoms with van der Waals surface area (Å²) in [7, 11) is 0. The third-order valence-electron chi connectivity index (χ3n) is 4.46. The maximum atomic E-state index is 9.65. The number of aromatic nitrogens is 4. The Hall–Kier alpha value is -1.32. The van der Waals surface area contributed by atoms with Gasteiger partial charge in [-0.2, -0.15) is 0 Å². The highest BCUT2D eigenvalue weighted by molar-refractivity contribution is 6.33. The zero-order valence-electron chi connectivity index (χ0n) is 12.5. The van der Waals surface area contributed by atoms with Crippen molar-refractivity contribution in [3.63, 3.8) is 0 Å². The largest absolute Gasteiger partial charge is 0.396 e. The van der Waals surface area contributed by atoms with Gasteiger partial charge in [-0.1, -0.05) is 11.6 Å². The van der Waals surface area contributed by atoms with Gasteiger partial charge < -0.3 is 23.9 Å². The molecule has 23 heavy (non-hydrogen) atoms. The molecule has 0 radical (unpaired) electrons. The van der Waals surface area contributed by atoms with Crippen molar-refractivity contribution >= 4 is 22.8 Å². The van der Waals surface area contributed by atoms with Crippen molar-refractivity contribution in [3.05, 3.63) is 17.8 Å². The predicted octanol–water partition coefficient (Wildman–Crippen LogP) is 1.14. The van der Waals surface area contributed by atoms with Gasteiger partial charge in [0, 0.05) is 19.1 Å². The second-order valence-corrected chi connectivity index (χ2v) is 6.04. The highest BCUT2D eigenvalue weighted by Crippen LogP contribution is 2.44. The van der Waals surface area contributed by atoms with Gasteiger partial charge in [0.15, 0.2) is 10.8 Å². The first-order valence-electron chi connectivity index (χ1n) is 7.59. The summed E-state index contributed by atoms with van der Waals surface area (Å²) < 4.78 is 19.0. The first kappa shape index (κ1) is 15.2. The van der Waals surface area contributed by atoms with E-state index in [-0.39, 0.29) is 30.8 Å². The molecule has 2 aliphatic rings. The predicted molar refractivity (Wildman–Crippen MR) is 79.7 cm³/mol. The Balaban J connectivity index is 1.69. The van der Waals surface area contributed by atoms with Crippen LogP contribution in [0.2, 0.25) is 5.15 Å². The van der Waals surface area contributed by atoms with E-state index in [4.69, 9.17) is 25.8 Å². The topological polar surface area (TPSA) is 91.5 Å². The molecule has 0 bridgehead atoms. The van der Waals surface area contributed by atoms with Crippen LogP contribution >= 0.6 is 11.6 Å². The monoisotopic (exact) mass is 340 g/mol. The molecule has 2 fully saturated rings. The quantitative estimate of drug-likeness (QED) is 0.834. The number of imidazole rings is 1. The van der Waals surface area contributed by atoms with Gasteiger partial charge in [-0.05, 0) is 13.3 Å². The molecule has 1 saturated carbocycles. The van der Waals surface area contributed by atoms with Crippen LogP contribution in [0.25, 0.3) is 11.2 Å². The number of ether oxygens (including phenoxy) is 3. The standard InChI is InChI=1S/C14H17ClN4O4/c1-2-21-14-22-10-7(4-20)3-8(11(10)23-14)19-6-18-9-12(15)16-5-17-13(9)19/h5-8,10-11,14,20H,2-4H2,1H3/t7-,8-,10-,11+,14?/m1/s1. The van der Waals surface area contributed by atoms with Gasteiger partial charge in [0.25, 0.3) is 6.48 Å². The lowest BCUT2D eigenvalue weighted by molar-refractivity contribution is -0.248. The molecule has 1 N–H and O–H groups in total. The van der Waals surface area contributed by atoms with Crippen LogP contribution in [0, 0.1) is 5.92 Å². The minimum atomic E-state index is -0.695. The lowest BCUT2D eigenvalue weighted by Crippen LogP contribution is -2.27. The number of halogens is 1. The minimum Gasteiger partial charge on any atom is -0.396 e. The van der Waals surface area contributed by atoms with Crippen LogP contribution in [0.1, 0.15) is 19.4 Å². The lowest BCUT2D eigenvalue weighted by Gasteiger charge is -2.19. The number of nitrogens with zero attached hydrogens (tertiary/aromatic N) is 4. The maximum Gasteiger partial charge on any atom is 0.272 e. The third kappa shape index (κ3) is 2.41. The summed E-state index contributed by atoms with van der Waals surface area (Å²) in [5.41, 5.74) is 1.20. The Morgan fingerprint density at radius 1 is 1.35 bits per heavy atom. The van der Waals surface area contributed by atoms with E-state index in [1.54, 1.807) is 6.33 Å². The Labute approximate surface area is 137 Å². The molecule has 1 aliphatic carbocycles. The molecule has 1 unspecified atom stereocenters. The molecule has 1 saturated heterocycles. The molecule has 0 aromatic carbocycles. The highest BCUT2D eigenvalue weighted by Gasteiger charge is 2.52. The van der Waals surface area contributed by atoms with Crippen LogP contribution in [0.15, 0.2) is 12.7 Å². The SMILES string of the molecule is CCOC1O[C@@H]2[C@@H](CO)C[C@@H](n3cnc4c(Cl)ncnc43)[C@@H]2O1. The molecular formula is C14H17ClN4O4. The normalized spacial score (nSPS) is 33.4. The molecule has 0 amide bonds. The molecule has 3 heterocycles. The molecule has 5 atom stereocenters. The molecule has 2 aromatic rings. The fraction of sp³-hybridized carbons (Fsp3) is 0.643. The van der Waals surface area contributed by atoms with E-state index in [2.05, 4.69) is 15.0 Å². The molecule has 0 spiro atoms. The first-order chi connectivity index (χ1) is 11.2. The van der Waals surface area contributed by atoms with Crippen molar-refractivity contribution in [2.45, 2.75) is 38.1 Å². The van der Waals surface area contributed by atoms with E-state index in [0.29, 0.717) is 29.3 Å². The molecular weight excluding hydrogens is 324 g/mol. The van der Waals surface area contributed by atoms with Gasteiger partial charge in [0.1, 0.15) is 17.9 Å². The second-order valence-electron chi connectivity index (χ2n) is 5.68. The number of aliphatic hydroxyl groups excluding tert-OH is 1. The van der Waals surface area contributed by atoms with Gasteiger partial charge in [-0.3, -0.25) is 0 Å². The van der Waals surface area contributed by atoms with Crippen molar-refractivity contribution in [1.29, 1.82) is 0 Å². The fourth-order valence-corrected chi connectivity index (χ4v) is 3.62. The van der Waals surface area contributed by atoms with E-state index in [9.17, 15) is 5.11 Å². The Bertz CT molecular complexity index is 711. The summed E-state index contributed by atoms with van der Waals surface area (Å²) in [6, 6.07) is -0.0569.